The fourth-order valence-corrected chi connectivity index (χ4v) is 5.88. The van der Waals surface area contributed by atoms with Crippen molar-refractivity contribution in [2.75, 3.05) is 6.26 Å². The van der Waals surface area contributed by atoms with Gasteiger partial charge >= 0.3 is 0 Å². The van der Waals surface area contributed by atoms with Gasteiger partial charge in [0.15, 0.2) is 0 Å². The summed E-state index contributed by atoms with van der Waals surface area (Å²) in [7, 11) is -4.54. The van der Waals surface area contributed by atoms with Crippen molar-refractivity contribution in [1.82, 2.24) is 0 Å². The van der Waals surface area contributed by atoms with E-state index in [2.05, 4.69) is 19.6 Å². The Kier molecular flexibility index (Phi) is 2.42. The van der Waals surface area contributed by atoms with E-state index in [1.54, 1.807) is 0 Å². The minimum Gasteiger partial charge on any atom is -0.264 e. The van der Waals surface area contributed by atoms with Gasteiger partial charge < -0.3 is 0 Å². The zero-order valence-electron chi connectivity index (χ0n) is 8.92. The van der Waals surface area contributed by atoms with E-state index >= 15 is 0 Å². The van der Waals surface area contributed by atoms with Crippen LogP contribution in [-0.4, -0.2) is 28.3 Å². The molecule has 5 heteroatoms. The SMILES string of the molecule is CC1(OS(C)(=O)=O)CC1[Si](C)(C)C. The predicted octanol–water partition coefficient (Wildman–Crippen LogP) is 1.83. The summed E-state index contributed by atoms with van der Waals surface area (Å²) in [6.45, 7) is 8.63. The lowest BCUT2D eigenvalue weighted by molar-refractivity contribution is 0.210. The fraction of sp³-hybridized carbons (Fsp3) is 1.00. The van der Waals surface area contributed by atoms with Crippen molar-refractivity contribution in [3.63, 3.8) is 0 Å². The van der Waals surface area contributed by atoms with Crippen LogP contribution in [0.2, 0.25) is 25.2 Å². The highest BCUT2D eigenvalue weighted by Crippen LogP contribution is 2.58. The van der Waals surface area contributed by atoms with Gasteiger partial charge in [-0.05, 0) is 18.9 Å². The van der Waals surface area contributed by atoms with Crippen molar-refractivity contribution in [1.29, 1.82) is 0 Å². The molecule has 0 aromatic heterocycles. The summed E-state index contributed by atoms with van der Waals surface area (Å²) in [4.78, 5) is 0. The Bertz CT molecular complexity index is 304. The van der Waals surface area contributed by atoms with E-state index in [9.17, 15) is 8.42 Å². The average Bonchev–Trinajstić information content (AvgIpc) is 2.33. The number of rotatable bonds is 3. The van der Waals surface area contributed by atoms with E-state index in [1.165, 1.54) is 0 Å². The second-order valence-electron chi connectivity index (χ2n) is 5.22. The van der Waals surface area contributed by atoms with Crippen molar-refractivity contribution in [2.24, 2.45) is 0 Å². The molecule has 0 aromatic rings. The summed E-state index contributed by atoms with van der Waals surface area (Å²) in [5.41, 5.74) is 0.0904. The van der Waals surface area contributed by atoms with Crippen molar-refractivity contribution < 1.29 is 12.6 Å². The molecule has 0 radical (unpaired) electrons. The molecule has 1 fully saturated rings. The van der Waals surface area contributed by atoms with Crippen LogP contribution in [0.1, 0.15) is 13.3 Å². The summed E-state index contributed by atoms with van der Waals surface area (Å²) in [5.74, 6) is 0. The van der Waals surface area contributed by atoms with Crippen LogP contribution in [0, 0.1) is 0 Å². The Morgan fingerprint density at radius 2 is 1.85 bits per heavy atom. The molecule has 1 rings (SSSR count). The van der Waals surface area contributed by atoms with Crippen LogP contribution in [0.4, 0.5) is 0 Å². The fourth-order valence-electron chi connectivity index (χ4n) is 2.01. The number of hydrogen-bond acceptors (Lipinski definition) is 3. The predicted molar refractivity (Wildman–Crippen MR) is 56.0 cm³/mol. The normalized spacial score (nSPS) is 34.7. The zero-order chi connectivity index (χ0) is 10.5. The van der Waals surface area contributed by atoms with Gasteiger partial charge in [0.2, 0.25) is 0 Å². The lowest BCUT2D eigenvalue weighted by Crippen LogP contribution is -2.28. The van der Waals surface area contributed by atoms with E-state index in [1.807, 2.05) is 6.92 Å². The largest absolute Gasteiger partial charge is 0.264 e. The molecule has 0 aliphatic heterocycles. The standard InChI is InChI=1S/C8H18O3SSi/c1-8(11-12(2,9)10)6-7(8)13(3,4)5/h7H,6H2,1-5H3. The molecule has 2 unspecified atom stereocenters. The smallest absolute Gasteiger partial charge is 0.264 e. The molecule has 3 nitrogen and oxygen atoms in total. The van der Waals surface area contributed by atoms with Gasteiger partial charge in [-0.1, -0.05) is 19.6 Å². The zero-order valence-corrected chi connectivity index (χ0v) is 10.7. The van der Waals surface area contributed by atoms with Crippen LogP contribution < -0.4 is 0 Å². The molecule has 0 spiro atoms. The molecule has 0 heterocycles. The Balaban J connectivity index is 2.67. The first-order valence-corrected chi connectivity index (χ1v) is 9.85. The van der Waals surface area contributed by atoms with Crippen LogP contribution in [-0.2, 0) is 14.3 Å². The quantitative estimate of drug-likeness (QED) is 0.540. The van der Waals surface area contributed by atoms with Crippen LogP contribution in [0.5, 0.6) is 0 Å². The third kappa shape index (κ3) is 2.79. The van der Waals surface area contributed by atoms with Crippen molar-refractivity contribution in [2.45, 2.75) is 44.1 Å². The van der Waals surface area contributed by atoms with E-state index in [4.69, 9.17) is 4.18 Å². The van der Waals surface area contributed by atoms with Crippen molar-refractivity contribution in [3.05, 3.63) is 0 Å². The Labute approximate surface area is 81.6 Å². The van der Waals surface area contributed by atoms with E-state index in [-0.39, 0.29) is 0 Å². The average molecular weight is 222 g/mol. The first kappa shape index (κ1) is 11.2. The molecule has 1 aliphatic rings. The molecule has 0 aromatic carbocycles. The van der Waals surface area contributed by atoms with Gasteiger partial charge in [0, 0.05) is 0 Å². The van der Waals surface area contributed by atoms with Gasteiger partial charge in [-0.15, -0.1) is 0 Å². The third-order valence-electron chi connectivity index (χ3n) is 2.57. The summed E-state index contributed by atoms with van der Waals surface area (Å²) in [6, 6.07) is 0. The molecule has 78 valence electrons. The van der Waals surface area contributed by atoms with Gasteiger partial charge in [0.05, 0.1) is 19.9 Å². The lowest BCUT2D eigenvalue weighted by Gasteiger charge is -2.19. The summed E-state index contributed by atoms with van der Waals surface area (Å²) in [6.07, 6.45) is 2.02. The molecular weight excluding hydrogens is 204 g/mol. The molecule has 1 saturated carbocycles. The third-order valence-corrected chi connectivity index (χ3v) is 6.16. The van der Waals surface area contributed by atoms with Crippen LogP contribution in [0.25, 0.3) is 0 Å². The molecule has 2 atom stereocenters. The highest BCUT2D eigenvalue weighted by molar-refractivity contribution is 7.86. The van der Waals surface area contributed by atoms with E-state index < -0.39 is 23.8 Å². The van der Waals surface area contributed by atoms with Crippen LogP contribution in [0.3, 0.4) is 0 Å². The first-order valence-electron chi connectivity index (χ1n) is 4.45. The van der Waals surface area contributed by atoms with Crippen molar-refractivity contribution in [3.8, 4) is 0 Å². The molecule has 0 bridgehead atoms. The summed E-state index contributed by atoms with van der Waals surface area (Å²) >= 11 is 0. The number of hydrogen-bond donors (Lipinski definition) is 0. The highest BCUT2D eigenvalue weighted by atomic mass is 32.2. The van der Waals surface area contributed by atoms with Crippen LogP contribution >= 0.6 is 0 Å². The Morgan fingerprint density at radius 1 is 1.38 bits per heavy atom. The summed E-state index contributed by atoms with van der Waals surface area (Å²) < 4.78 is 27.0. The monoisotopic (exact) mass is 222 g/mol. The lowest BCUT2D eigenvalue weighted by atomic mass is 10.4. The van der Waals surface area contributed by atoms with E-state index in [0.717, 1.165) is 12.7 Å². The van der Waals surface area contributed by atoms with Crippen LogP contribution in [0.15, 0.2) is 0 Å². The second kappa shape index (κ2) is 2.81. The van der Waals surface area contributed by atoms with Gasteiger partial charge in [0.1, 0.15) is 0 Å². The minimum absolute atomic E-state index is 0.391. The van der Waals surface area contributed by atoms with Gasteiger partial charge in [0.25, 0.3) is 10.1 Å². The van der Waals surface area contributed by atoms with Gasteiger partial charge in [-0.25, -0.2) is 0 Å². The molecule has 0 saturated heterocycles. The topological polar surface area (TPSA) is 43.4 Å². The maximum Gasteiger partial charge on any atom is 0.264 e. The maximum atomic E-state index is 11.0. The molecular formula is C8H18O3SSi. The molecule has 0 amide bonds. The first-order chi connectivity index (χ1) is 5.55. The minimum atomic E-state index is -3.29. The Hall–Kier alpha value is 0.127. The van der Waals surface area contributed by atoms with Gasteiger partial charge in [-0.2, -0.15) is 8.42 Å². The highest BCUT2D eigenvalue weighted by Gasteiger charge is 2.59. The second-order valence-corrected chi connectivity index (χ2v) is 12.2. The molecule has 0 N–H and O–H groups in total. The van der Waals surface area contributed by atoms with E-state index in [0.29, 0.717) is 5.54 Å². The summed E-state index contributed by atoms with van der Waals surface area (Å²) in [5, 5.41) is 0. The molecule has 13 heavy (non-hydrogen) atoms. The maximum absolute atomic E-state index is 11.0. The Morgan fingerprint density at radius 3 is 2.08 bits per heavy atom. The van der Waals surface area contributed by atoms with Crippen molar-refractivity contribution >= 4 is 18.2 Å². The van der Waals surface area contributed by atoms with Gasteiger partial charge in [-0.3, -0.25) is 4.18 Å². The molecule has 1 aliphatic carbocycles.